The SMILES string of the molecule is Nc1nc(Nc2ccc([N+](=O)[O-])cc2)nc(Nc2ccc([N+](=O)[O-])cc2)c1[N+](=O)[O-]. The Hall–Kier alpha value is -4.88. The lowest BCUT2D eigenvalue weighted by Gasteiger charge is -2.10. The van der Waals surface area contributed by atoms with Crippen molar-refractivity contribution in [3.63, 3.8) is 0 Å². The second-order valence-corrected chi connectivity index (χ2v) is 5.74. The Morgan fingerprint density at radius 2 is 1.17 bits per heavy atom. The van der Waals surface area contributed by atoms with Gasteiger partial charge in [0.25, 0.3) is 11.4 Å². The van der Waals surface area contributed by atoms with Crippen molar-refractivity contribution in [1.82, 2.24) is 9.97 Å². The van der Waals surface area contributed by atoms with Crippen LogP contribution in [-0.4, -0.2) is 24.7 Å². The summed E-state index contributed by atoms with van der Waals surface area (Å²) < 4.78 is 0. The zero-order valence-electron chi connectivity index (χ0n) is 14.9. The van der Waals surface area contributed by atoms with E-state index in [0.29, 0.717) is 11.4 Å². The van der Waals surface area contributed by atoms with Gasteiger partial charge in [-0.2, -0.15) is 9.97 Å². The molecule has 0 aliphatic heterocycles. The molecule has 1 heterocycles. The summed E-state index contributed by atoms with van der Waals surface area (Å²) in [6.45, 7) is 0. The lowest BCUT2D eigenvalue weighted by atomic mass is 10.3. The van der Waals surface area contributed by atoms with Crippen LogP contribution in [0, 0.1) is 30.3 Å². The normalized spacial score (nSPS) is 10.3. The van der Waals surface area contributed by atoms with Gasteiger partial charge in [-0.05, 0) is 24.3 Å². The quantitative estimate of drug-likeness (QED) is 0.379. The smallest absolute Gasteiger partial charge is 0.353 e. The number of aromatic nitrogens is 2. The van der Waals surface area contributed by atoms with Crippen LogP contribution < -0.4 is 16.4 Å². The van der Waals surface area contributed by atoms with E-state index in [2.05, 4.69) is 20.6 Å². The first-order chi connectivity index (χ1) is 14.2. The van der Waals surface area contributed by atoms with Crippen molar-refractivity contribution in [3.05, 3.63) is 78.9 Å². The van der Waals surface area contributed by atoms with Gasteiger partial charge in [0.15, 0.2) is 0 Å². The maximum Gasteiger partial charge on any atom is 0.353 e. The fourth-order valence-corrected chi connectivity index (χ4v) is 2.39. The summed E-state index contributed by atoms with van der Waals surface area (Å²) in [5.74, 6) is -0.772. The fraction of sp³-hybridized carbons (Fsp3) is 0. The molecule has 0 saturated heterocycles. The molecule has 30 heavy (non-hydrogen) atoms. The monoisotopic (exact) mass is 412 g/mol. The predicted octanol–water partition coefficient (Wildman–Crippen LogP) is 3.27. The molecule has 0 atom stereocenters. The molecule has 3 aromatic rings. The van der Waals surface area contributed by atoms with Gasteiger partial charge in [0.05, 0.1) is 14.8 Å². The van der Waals surface area contributed by atoms with Gasteiger partial charge in [0.1, 0.15) is 0 Å². The van der Waals surface area contributed by atoms with Crippen molar-refractivity contribution in [2.75, 3.05) is 16.4 Å². The Bertz CT molecular complexity index is 1130. The van der Waals surface area contributed by atoms with Crippen LogP contribution in [0.25, 0.3) is 0 Å². The van der Waals surface area contributed by atoms with Crippen molar-refractivity contribution in [2.45, 2.75) is 0 Å². The van der Waals surface area contributed by atoms with E-state index in [9.17, 15) is 30.3 Å². The molecule has 0 radical (unpaired) electrons. The summed E-state index contributed by atoms with van der Waals surface area (Å²) in [4.78, 5) is 38.8. The Balaban J connectivity index is 1.92. The molecule has 14 nitrogen and oxygen atoms in total. The van der Waals surface area contributed by atoms with Crippen LogP contribution in [0.3, 0.4) is 0 Å². The number of benzene rings is 2. The molecule has 0 aliphatic carbocycles. The second kappa shape index (κ2) is 8.01. The Kier molecular flexibility index (Phi) is 5.31. The van der Waals surface area contributed by atoms with Crippen LogP contribution in [0.2, 0.25) is 0 Å². The van der Waals surface area contributed by atoms with Crippen molar-refractivity contribution in [3.8, 4) is 0 Å². The minimum atomic E-state index is -0.765. The zero-order chi connectivity index (χ0) is 21.8. The molecular formula is C16H12N8O6. The topological polar surface area (TPSA) is 205 Å². The van der Waals surface area contributed by atoms with Crippen molar-refractivity contribution < 1.29 is 14.8 Å². The Morgan fingerprint density at radius 1 is 0.700 bits per heavy atom. The third kappa shape index (κ3) is 4.33. The van der Waals surface area contributed by atoms with Gasteiger partial charge >= 0.3 is 5.69 Å². The van der Waals surface area contributed by atoms with Gasteiger partial charge in [-0.3, -0.25) is 30.3 Å². The Morgan fingerprint density at radius 3 is 1.60 bits per heavy atom. The van der Waals surface area contributed by atoms with Gasteiger partial charge in [-0.25, -0.2) is 0 Å². The molecule has 3 rings (SSSR count). The van der Waals surface area contributed by atoms with Crippen LogP contribution in [0.4, 0.5) is 46.0 Å². The molecule has 0 bridgehead atoms. The fourth-order valence-electron chi connectivity index (χ4n) is 2.39. The molecule has 0 fully saturated rings. The lowest BCUT2D eigenvalue weighted by molar-refractivity contribution is -0.385. The maximum atomic E-state index is 11.4. The van der Waals surface area contributed by atoms with Gasteiger partial charge in [0, 0.05) is 35.6 Å². The molecule has 1 aromatic heterocycles. The number of nitrogens with two attached hydrogens (primary N) is 1. The standard InChI is InChI=1S/C16H12N8O6/c17-14-13(24(29)30)15(18-9-1-5-11(6-2-9)22(25)26)21-16(20-14)19-10-3-7-12(8-4-10)23(27)28/h1-8H,(H4,17,18,19,20,21). The lowest BCUT2D eigenvalue weighted by Crippen LogP contribution is -2.08. The number of nitrogens with one attached hydrogen (secondary N) is 2. The number of rotatable bonds is 7. The van der Waals surface area contributed by atoms with Gasteiger partial charge in [0.2, 0.25) is 17.6 Å². The highest BCUT2D eigenvalue weighted by molar-refractivity contribution is 5.75. The van der Waals surface area contributed by atoms with Gasteiger partial charge in [-0.1, -0.05) is 0 Å². The summed E-state index contributed by atoms with van der Waals surface area (Å²) in [5, 5.41) is 38.3. The molecule has 2 aromatic carbocycles. The summed E-state index contributed by atoms with van der Waals surface area (Å²) in [6, 6.07) is 10.5. The summed E-state index contributed by atoms with van der Waals surface area (Å²) >= 11 is 0. The number of non-ortho nitro benzene ring substituents is 2. The molecule has 0 amide bonds. The number of nitro groups is 3. The van der Waals surface area contributed by atoms with E-state index in [1.54, 1.807) is 0 Å². The Labute approximate surface area is 166 Å². The van der Waals surface area contributed by atoms with E-state index in [1.165, 1.54) is 48.5 Å². The third-order valence-corrected chi connectivity index (χ3v) is 3.77. The summed E-state index contributed by atoms with van der Waals surface area (Å²) in [5.41, 5.74) is 5.53. The number of hydrogen-bond donors (Lipinski definition) is 3. The molecule has 152 valence electrons. The van der Waals surface area contributed by atoms with Crippen LogP contribution in [0.5, 0.6) is 0 Å². The molecule has 0 unspecified atom stereocenters. The summed E-state index contributed by atoms with van der Waals surface area (Å²) in [6.07, 6.45) is 0. The number of nitrogen functional groups attached to an aromatic ring is 1. The van der Waals surface area contributed by atoms with E-state index < -0.39 is 26.3 Å². The molecule has 0 saturated carbocycles. The maximum absolute atomic E-state index is 11.4. The van der Waals surface area contributed by atoms with Gasteiger partial charge in [-0.15, -0.1) is 0 Å². The zero-order valence-corrected chi connectivity index (χ0v) is 14.9. The average Bonchev–Trinajstić information content (AvgIpc) is 2.68. The second-order valence-electron chi connectivity index (χ2n) is 5.74. The van der Waals surface area contributed by atoms with E-state index >= 15 is 0 Å². The molecule has 0 aliphatic rings. The largest absolute Gasteiger partial charge is 0.378 e. The first-order valence-corrected chi connectivity index (χ1v) is 8.09. The van der Waals surface area contributed by atoms with Crippen molar-refractivity contribution in [1.29, 1.82) is 0 Å². The first kappa shape index (κ1) is 19.9. The number of nitro benzene ring substituents is 2. The van der Waals surface area contributed by atoms with Crippen LogP contribution in [0.1, 0.15) is 0 Å². The van der Waals surface area contributed by atoms with Gasteiger partial charge < -0.3 is 16.4 Å². The van der Waals surface area contributed by atoms with E-state index in [1.807, 2.05) is 0 Å². The average molecular weight is 412 g/mol. The number of hydrogen-bond acceptors (Lipinski definition) is 11. The first-order valence-electron chi connectivity index (χ1n) is 8.09. The van der Waals surface area contributed by atoms with E-state index in [0.717, 1.165) is 0 Å². The highest BCUT2D eigenvalue weighted by atomic mass is 16.6. The third-order valence-electron chi connectivity index (χ3n) is 3.77. The van der Waals surface area contributed by atoms with E-state index in [-0.39, 0.29) is 23.1 Å². The number of nitrogens with zero attached hydrogens (tertiary/aromatic N) is 5. The highest BCUT2D eigenvalue weighted by Crippen LogP contribution is 2.32. The summed E-state index contributed by atoms with van der Waals surface area (Å²) in [7, 11) is 0. The molecule has 4 N–H and O–H groups in total. The van der Waals surface area contributed by atoms with Crippen LogP contribution in [-0.2, 0) is 0 Å². The predicted molar refractivity (Wildman–Crippen MR) is 106 cm³/mol. The van der Waals surface area contributed by atoms with Crippen LogP contribution >= 0.6 is 0 Å². The van der Waals surface area contributed by atoms with Crippen molar-refractivity contribution in [2.24, 2.45) is 0 Å². The molecule has 0 spiro atoms. The molecular weight excluding hydrogens is 400 g/mol. The van der Waals surface area contributed by atoms with Crippen molar-refractivity contribution >= 4 is 46.0 Å². The van der Waals surface area contributed by atoms with E-state index in [4.69, 9.17) is 5.73 Å². The number of anilines is 5. The minimum absolute atomic E-state index is 0.101. The van der Waals surface area contributed by atoms with Crippen LogP contribution in [0.15, 0.2) is 48.5 Å². The minimum Gasteiger partial charge on any atom is -0.378 e. The highest BCUT2D eigenvalue weighted by Gasteiger charge is 2.23. The molecule has 14 heteroatoms.